The summed E-state index contributed by atoms with van der Waals surface area (Å²) in [7, 11) is 1.63. The van der Waals surface area contributed by atoms with Crippen molar-refractivity contribution in [3.63, 3.8) is 0 Å². The second-order valence-corrected chi connectivity index (χ2v) is 3.76. The van der Waals surface area contributed by atoms with Crippen LogP contribution in [0.3, 0.4) is 0 Å². The highest BCUT2D eigenvalue weighted by Crippen LogP contribution is 2.23. The van der Waals surface area contributed by atoms with Crippen LogP contribution in [0.4, 0.5) is 0 Å². The SMILES string of the molecule is C#CCOC(CC=C)(Cc1ccccc1)OC. The van der Waals surface area contributed by atoms with Gasteiger partial charge in [0.1, 0.15) is 6.61 Å². The first kappa shape index (κ1) is 13.5. The van der Waals surface area contributed by atoms with Crippen molar-refractivity contribution in [2.45, 2.75) is 18.6 Å². The summed E-state index contributed by atoms with van der Waals surface area (Å²) < 4.78 is 11.1. The largest absolute Gasteiger partial charge is 0.352 e. The van der Waals surface area contributed by atoms with E-state index >= 15 is 0 Å². The molecular weight excluding hydrogens is 212 g/mol. The molecule has 0 amide bonds. The molecule has 0 N–H and O–H groups in total. The molecule has 0 spiro atoms. The number of benzene rings is 1. The van der Waals surface area contributed by atoms with E-state index in [1.807, 2.05) is 30.3 Å². The first-order chi connectivity index (χ1) is 8.26. The number of rotatable bonds is 7. The van der Waals surface area contributed by atoms with Crippen LogP contribution in [-0.2, 0) is 15.9 Å². The predicted molar refractivity (Wildman–Crippen MR) is 69.5 cm³/mol. The van der Waals surface area contributed by atoms with Gasteiger partial charge in [-0.25, -0.2) is 0 Å². The molecular formula is C15H18O2. The van der Waals surface area contributed by atoms with Gasteiger partial charge in [-0.15, -0.1) is 13.0 Å². The van der Waals surface area contributed by atoms with Crippen molar-refractivity contribution in [1.29, 1.82) is 0 Å². The Bertz CT molecular complexity index is 378. The smallest absolute Gasteiger partial charge is 0.176 e. The van der Waals surface area contributed by atoms with Gasteiger partial charge in [0.25, 0.3) is 0 Å². The molecule has 0 aliphatic heterocycles. The Labute approximate surface area is 103 Å². The summed E-state index contributed by atoms with van der Waals surface area (Å²) in [6.07, 6.45) is 8.25. The highest BCUT2D eigenvalue weighted by molar-refractivity contribution is 5.16. The molecule has 1 unspecified atom stereocenters. The Morgan fingerprint density at radius 2 is 2.12 bits per heavy atom. The van der Waals surface area contributed by atoms with E-state index in [1.165, 1.54) is 0 Å². The topological polar surface area (TPSA) is 18.5 Å². The normalized spacial score (nSPS) is 13.6. The third-order valence-corrected chi connectivity index (χ3v) is 2.56. The maximum atomic E-state index is 5.64. The summed E-state index contributed by atoms with van der Waals surface area (Å²) in [5.41, 5.74) is 1.15. The highest BCUT2D eigenvalue weighted by Gasteiger charge is 2.29. The Kier molecular flexibility index (Phi) is 5.48. The zero-order valence-corrected chi connectivity index (χ0v) is 10.2. The minimum atomic E-state index is -0.713. The fourth-order valence-corrected chi connectivity index (χ4v) is 1.70. The molecule has 1 rings (SSSR count). The molecule has 1 aromatic rings. The number of terminal acetylenes is 1. The van der Waals surface area contributed by atoms with Gasteiger partial charge >= 0.3 is 0 Å². The first-order valence-corrected chi connectivity index (χ1v) is 5.54. The minimum absolute atomic E-state index is 0.231. The maximum absolute atomic E-state index is 5.64. The van der Waals surface area contributed by atoms with Crippen molar-refractivity contribution < 1.29 is 9.47 Å². The molecule has 0 aromatic heterocycles. The summed E-state index contributed by atoms with van der Waals surface area (Å²) in [6, 6.07) is 10.0. The van der Waals surface area contributed by atoms with Gasteiger partial charge in [0, 0.05) is 20.0 Å². The molecule has 2 heteroatoms. The van der Waals surface area contributed by atoms with Crippen LogP contribution >= 0.6 is 0 Å². The summed E-state index contributed by atoms with van der Waals surface area (Å²) in [5.74, 6) is 1.75. The Morgan fingerprint density at radius 1 is 1.41 bits per heavy atom. The Balaban J connectivity index is 2.82. The zero-order chi connectivity index (χ0) is 12.6. The molecule has 0 saturated heterocycles. The van der Waals surface area contributed by atoms with E-state index < -0.39 is 5.79 Å². The van der Waals surface area contributed by atoms with Crippen LogP contribution in [0.25, 0.3) is 0 Å². The quantitative estimate of drug-likeness (QED) is 0.407. The molecule has 0 saturated carbocycles. The summed E-state index contributed by atoms with van der Waals surface area (Å²) in [5, 5.41) is 0. The van der Waals surface area contributed by atoms with Crippen molar-refractivity contribution >= 4 is 0 Å². The van der Waals surface area contributed by atoms with Crippen LogP contribution in [0, 0.1) is 12.3 Å². The Morgan fingerprint density at radius 3 is 2.65 bits per heavy atom. The second-order valence-electron chi connectivity index (χ2n) is 3.76. The maximum Gasteiger partial charge on any atom is 0.176 e. The van der Waals surface area contributed by atoms with Crippen molar-refractivity contribution in [2.75, 3.05) is 13.7 Å². The predicted octanol–water partition coefficient (Wildman–Crippen LogP) is 2.80. The van der Waals surface area contributed by atoms with E-state index in [1.54, 1.807) is 13.2 Å². The number of hydrogen-bond acceptors (Lipinski definition) is 2. The molecule has 0 aliphatic carbocycles. The van der Waals surface area contributed by atoms with Gasteiger partial charge in [-0.2, -0.15) is 0 Å². The van der Waals surface area contributed by atoms with E-state index in [9.17, 15) is 0 Å². The average molecular weight is 230 g/mol. The monoisotopic (exact) mass is 230 g/mol. The van der Waals surface area contributed by atoms with E-state index in [4.69, 9.17) is 15.9 Å². The van der Waals surface area contributed by atoms with E-state index in [0.717, 1.165) is 5.56 Å². The highest BCUT2D eigenvalue weighted by atomic mass is 16.7. The molecule has 0 aliphatic rings. The molecule has 1 atom stereocenters. The lowest BCUT2D eigenvalue weighted by Gasteiger charge is -2.31. The van der Waals surface area contributed by atoms with Crippen molar-refractivity contribution in [3.05, 3.63) is 48.6 Å². The number of methoxy groups -OCH3 is 1. The lowest BCUT2D eigenvalue weighted by atomic mass is 10.0. The van der Waals surface area contributed by atoms with E-state index in [2.05, 4.69) is 12.5 Å². The standard InChI is InChI=1S/C15H18O2/c1-4-11-15(16-3,17-12-5-2)13-14-9-7-6-8-10-14/h2,4,6-10H,1,11-13H2,3H3. The summed E-state index contributed by atoms with van der Waals surface area (Å²) in [6.45, 7) is 3.96. The average Bonchev–Trinajstić information content (AvgIpc) is 2.37. The third-order valence-electron chi connectivity index (χ3n) is 2.56. The van der Waals surface area contributed by atoms with Gasteiger partial charge in [-0.1, -0.05) is 42.3 Å². The van der Waals surface area contributed by atoms with Gasteiger partial charge in [-0.05, 0) is 5.56 Å². The molecule has 2 nitrogen and oxygen atoms in total. The zero-order valence-electron chi connectivity index (χ0n) is 10.2. The van der Waals surface area contributed by atoms with Crippen LogP contribution in [-0.4, -0.2) is 19.5 Å². The molecule has 0 bridgehead atoms. The van der Waals surface area contributed by atoms with Gasteiger partial charge in [0.05, 0.1) is 0 Å². The molecule has 1 aromatic carbocycles. The first-order valence-electron chi connectivity index (χ1n) is 5.54. The molecule has 0 fully saturated rings. The van der Waals surface area contributed by atoms with Gasteiger partial charge in [-0.3, -0.25) is 0 Å². The van der Waals surface area contributed by atoms with Crippen molar-refractivity contribution in [3.8, 4) is 12.3 Å². The van der Waals surface area contributed by atoms with Crippen LogP contribution in [0.15, 0.2) is 43.0 Å². The third kappa shape index (κ3) is 4.07. The molecule has 0 heterocycles. The van der Waals surface area contributed by atoms with E-state index in [0.29, 0.717) is 12.8 Å². The molecule has 90 valence electrons. The minimum Gasteiger partial charge on any atom is -0.352 e. The fraction of sp³-hybridized carbons (Fsp3) is 0.333. The number of hydrogen-bond donors (Lipinski definition) is 0. The second kappa shape index (κ2) is 6.90. The van der Waals surface area contributed by atoms with Crippen LogP contribution in [0.5, 0.6) is 0 Å². The fourth-order valence-electron chi connectivity index (χ4n) is 1.70. The lowest BCUT2D eigenvalue weighted by molar-refractivity contribution is -0.211. The Hall–Kier alpha value is -1.56. The van der Waals surface area contributed by atoms with Gasteiger partial charge in [0.2, 0.25) is 0 Å². The molecule has 0 radical (unpaired) electrons. The molecule has 17 heavy (non-hydrogen) atoms. The summed E-state index contributed by atoms with van der Waals surface area (Å²) in [4.78, 5) is 0. The van der Waals surface area contributed by atoms with Crippen molar-refractivity contribution in [1.82, 2.24) is 0 Å². The lowest BCUT2D eigenvalue weighted by Crippen LogP contribution is -2.37. The number of ether oxygens (including phenoxy) is 2. The van der Waals surface area contributed by atoms with Gasteiger partial charge in [0.15, 0.2) is 5.79 Å². The van der Waals surface area contributed by atoms with Crippen molar-refractivity contribution in [2.24, 2.45) is 0 Å². The van der Waals surface area contributed by atoms with Crippen LogP contribution in [0.2, 0.25) is 0 Å². The summed E-state index contributed by atoms with van der Waals surface area (Å²) >= 11 is 0. The van der Waals surface area contributed by atoms with Crippen LogP contribution in [0.1, 0.15) is 12.0 Å². The van der Waals surface area contributed by atoms with E-state index in [-0.39, 0.29) is 6.61 Å². The van der Waals surface area contributed by atoms with Gasteiger partial charge < -0.3 is 9.47 Å². The van der Waals surface area contributed by atoms with Crippen LogP contribution < -0.4 is 0 Å².